The molecule has 2 rings (SSSR count). The number of H-pyrrole nitrogens is 1. The molecule has 2 heterocycles. The average Bonchev–Trinajstić information content (AvgIpc) is 2.84. The molecule has 2 aromatic rings. The Balaban J connectivity index is 1.93. The molecule has 0 saturated carbocycles. The highest BCUT2D eigenvalue weighted by atomic mass is 127. The molecule has 2 N–H and O–H groups in total. The molecule has 0 spiro atoms. The van der Waals surface area contributed by atoms with E-state index in [0.717, 1.165) is 8.58 Å². The molecule has 0 atom stereocenters. The number of thiophene rings is 1. The van der Waals surface area contributed by atoms with Crippen molar-refractivity contribution in [2.75, 3.05) is 0 Å². The number of hydrogen-bond acceptors (Lipinski definition) is 3. The van der Waals surface area contributed by atoms with Crippen molar-refractivity contribution in [1.82, 2.24) is 15.5 Å². The van der Waals surface area contributed by atoms with Crippen LogP contribution in [0.25, 0.3) is 0 Å². The fourth-order valence-corrected chi connectivity index (χ4v) is 2.42. The second-order valence-electron chi connectivity index (χ2n) is 2.90. The average molecular weight is 333 g/mol. The molecule has 78 valence electrons. The molecule has 0 bridgehead atoms. The standard InChI is InChI=1S/C9H8IN3OS/c10-8-3-6(5-15-8)9(14)11-4-7-1-2-12-13-7/h1-3,5H,4H2,(H,11,14)(H,12,13). The summed E-state index contributed by atoms with van der Waals surface area (Å²) in [5.41, 5.74) is 1.61. The summed E-state index contributed by atoms with van der Waals surface area (Å²) in [6, 6.07) is 3.70. The molecule has 0 aliphatic rings. The number of carbonyl (C=O) groups excluding carboxylic acids is 1. The predicted octanol–water partition coefficient (Wildman–Crippen LogP) is 2.01. The largest absolute Gasteiger partial charge is 0.346 e. The third kappa shape index (κ3) is 2.78. The van der Waals surface area contributed by atoms with Gasteiger partial charge in [-0.1, -0.05) is 0 Å². The molecule has 0 aliphatic carbocycles. The summed E-state index contributed by atoms with van der Waals surface area (Å²) >= 11 is 3.76. The summed E-state index contributed by atoms with van der Waals surface area (Å²) in [5.74, 6) is -0.0521. The topological polar surface area (TPSA) is 57.8 Å². The molecular formula is C9H8IN3OS. The van der Waals surface area contributed by atoms with Crippen LogP contribution >= 0.6 is 33.9 Å². The molecule has 0 fully saturated rings. The van der Waals surface area contributed by atoms with E-state index in [0.29, 0.717) is 12.1 Å². The molecule has 0 radical (unpaired) electrons. The van der Waals surface area contributed by atoms with Gasteiger partial charge in [0.05, 0.1) is 20.7 Å². The first-order valence-electron chi connectivity index (χ1n) is 4.26. The van der Waals surface area contributed by atoms with Gasteiger partial charge in [-0.05, 0) is 34.7 Å². The quantitative estimate of drug-likeness (QED) is 0.845. The van der Waals surface area contributed by atoms with Gasteiger partial charge in [-0.15, -0.1) is 11.3 Å². The van der Waals surface area contributed by atoms with E-state index in [1.165, 1.54) is 0 Å². The van der Waals surface area contributed by atoms with Crippen molar-refractivity contribution < 1.29 is 4.79 Å². The number of aromatic amines is 1. The summed E-state index contributed by atoms with van der Waals surface area (Å²) in [6.45, 7) is 0.477. The first-order chi connectivity index (χ1) is 7.25. The highest BCUT2D eigenvalue weighted by Crippen LogP contribution is 2.16. The molecule has 2 aromatic heterocycles. The Morgan fingerprint density at radius 2 is 2.53 bits per heavy atom. The SMILES string of the molecule is O=C(NCc1ccn[nH]1)c1csc(I)c1. The highest BCUT2D eigenvalue weighted by molar-refractivity contribution is 14.1. The van der Waals surface area contributed by atoms with Gasteiger partial charge in [-0.25, -0.2) is 0 Å². The summed E-state index contributed by atoms with van der Waals surface area (Å²) in [4.78, 5) is 11.6. The molecule has 0 unspecified atom stereocenters. The van der Waals surface area contributed by atoms with Crippen LogP contribution in [-0.4, -0.2) is 16.1 Å². The number of nitrogens with zero attached hydrogens (tertiary/aromatic N) is 1. The number of halogens is 1. The summed E-state index contributed by atoms with van der Waals surface area (Å²) < 4.78 is 1.11. The normalized spacial score (nSPS) is 10.2. The number of hydrogen-bond donors (Lipinski definition) is 2. The van der Waals surface area contributed by atoms with Gasteiger partial charge in [0, 0.05) is 11.6 Å². The van der Waals surface area contributed by atoms with Gasteiger partial charge in [-0.2, -0.15) is 5.10 Å². The third-order valence-corrected chi connectivity index (χ3v) is 3.62. The van der Waals surface area contributed by atoms with E-state index in [1.807, 2.05) is 17.5 Å². The smallest absolute Gasteiger partial charge is 0.252 e. The molecule has 1 amide bonds. The second-order valence-corrected chi connectivity index (χ2v) is 5.71. The van der Waals surface area contributed by atoms with E-state index in [9.17, 15) is 4.79 Å². The highest BCUT2D eigenvalue weighted by Gasteiger charge is 2.07. The molecule has 0 saturated heterocycles. The van der Waals surface area contributed by atoms with Crippen LogP contribution in [0.5, 0.6) is 0 Å². The Bertz CT molecular complexity index is 452. The van der Waals surface area contributed by atoms with Crippen LogP contribution in [0.15, 0.2) is 23.7 Å². The zero-order valence-electron chi connectivity index (χ0n) is 7.66. The van der Waals surface area contributed by atoms with Gasteiger partial charge in [-0.3, -0.25) is 9.89 Å². The number of rotatable bonds is 3. The maximum Gasteiger partial charge on any atom is 0.252 e. The molecule has 0 aromatic carbocycles. The van der Waals surface area contributed by atoms with Crippen LogP contribution in [0.4, 0.5) is 0 Å². The summed E-state index contributed by atoms with van der Waals surface area (Å²) in [7, 11) is 0. The van der Waals surface area contributed by atoms with Crippen molar-refractivity contribution in [2.45, 2.75) is 6.54 Å². The van der Waals surface area contributed by atoms with Crippen LogP contribution in [0.1, 0.15) is 16.1 Å². The zero-order valence-corrected chi connectivity index (χ0v) is 10.6. The maximum atomic E-state index is 11.6. The second kappa shape index (κ2) is 4.75. The molecule has 0 aliphatic heterocycles. The van der Waals surface area contributed by atoms with Gasteiger partial charge >= 0.3 is 0 Å². The number of carbonyl (C=O) groups is 1. The van der Waals surface area contributed by atoms with Crippen molar-refractivity contribution in [3.8, 4) is 0 Å². The summed E-state index contributed by atoms with van der Waals surface area (Å²) in [6.07, 6.45) is 1.66. The monoisotopic (exact) mass is 333 g/mol. The van der Waals surface area contributed by atoms with Crippen molar-refractivity contribution in [3.63, 3.8) is 0 Å². The van der Waals surface area contributed by atoms with Crippen LogP contribution < -0.4 is 5.32 Å². The number of aromatic nitrogens is 2. The Hall–Kier alpha value is -0.890. The van der Waals surface area contributed by atoms with E-state index in [2.05, 4.69) is 38.1 Å². The van der Waals surface area contributed by atoms with Crippen LogP contribution in [0.2, 0.25) is 0 Å². The third-order valence-electron chi connectivity index (χ3n) is 1.83. The Morgan fingerprint density at radius 1 is 1.67 bits per heavy atom. The lowest BCUT2D eigenvalue weighted by atomic mass is 10.3. The minimum atomic E-state index is -0.0521. The van der Waals surface area contributed by atoms with Crippen LogP contribution in [0, 0.1) is 2.88 Å². The number of amides is 1. The van der Waals surface area contributed by atoms with Crippen molar-refractivity contribution in [1.29, 1.82) is 0 Å². The zero-order chi connectivity index (χ0) is 10.7. The lowest BCUT2D eigenvalue weighted by Crippen LogP contribution is -2.22. The first-order valence-corrected chi connectivity index (χ1v) is 6.22. The van der Waals surface area contributed by atoms with Crippen molar-refractivity contribution in [2.24, 2.45) is 0 Å². The van der Waals surface area contributed by atoms with Gasteiger partial charge in [0.2, 0.25) is 0 Å². The lowest BCUT2D eigenvalue weighted by molar-refractivity contribution is 0.0951. The minimum absolute atomic E-state index is 0.0521. The van der Waals surface area contributed by atoms with Crippen LogP contribution in [-0.2, 0) is 6.54 Å². The van der Waals surface area contributed by atoms with Crippen molar-refractivity contribution >= 4 is 39.8 Å². The fraction of sp³-hybridized carbons (Fsp3) is 0.111. The Morgan fingerprint density at radius 3 is 3.13 bits per heavy atom. The summed E-state index contributed by atoms with van der Waals surface area (Å²) in [5, 5.41) is 11.2. The molecule has 15 heavy (non-hydrogen) atoms. The van der Waals surface area contributed by atoms with Crippen LogP contribution in [0.3, 0.4) is 0 Å². The van der Waals surface area contributed by atoms with E-state index in [4.69, 9.17) is 0 Å². The van der Waals surface area contributed by atoms with Crippen molar-refractivity contribution in [3.05, 3.63) is 37.9 Å². The lowest BCUT2D eigenvalue weighted by Gasteiger charge is -2.00. The molecule has 6 heteroatoms. The predicted molar refractivity (Wildman–Crippen MR) is 66.8 cm³/mol. The number of nitrogens with one attached hydrogen (secondary N) is 2. The maximum absolute atomic E-state index is 11.6. The van der Waals surface area contributed by atoms with Gasteiger partial charge < -0.3 is 5.32 Å². The van der Waals surface area contributed by atoms with Gasteiger partial charge in [0.25, 0.3) is 5.91 Å². The van der Waals surface area contributed by atoms with Gasteiger partial charge in [0.1, 0.15) is 0 Å². The first kappa shape index (κ1) is 10.6. The molecular weight excluding hydrogens is 325 g/mol. The van der Waals surface area contributed by atoms with E-state index in [-0.39, 0.29) is 5.91 Å². The van der Waals surface area contributed by atoms with E-state index < -0.39 is 0 Å². The van der Waals surface area contributed by atoms with E-state index >= 15 is 0 Å². The van der Waals surface area contributed by atoms with E-state index in [1.54, 1.807) is 17.5 Å². The molecule has 4 nitrogen and oxygen atoms in total. The fourth-order valence-electron chi connectivity index (χ4n) is 1.09. The van der Waals surface area contributed by atoms with Gasteiger partial charge in [0.15, 0.2) is 0 Å². The Labute approximate surface area is 104 Å². The Kier molecular flexibility index (Phi) is 3.37. The minimum Gasteiger partial charge on any atom is -0.346 e.